The van der Waals surface area contributed by atoms with Crippen molar-refractivity contribution >= 4 is 17.8 Å². The number of amides is 2. The molecule has 0 aromatic carbocycles. The molecule has 0 aliphatic heterocycles. The molecule has 0 saturated heterocycles. The van der Waals surface area contributed by atoms with Crippen LogP contribution in [-0.2, 0) is 19.1 Å². The number of rotatable bonds is 10. The van der Waals surface area contributed by atoms with Crippen LogP contribution in [0.15, 0.2) is 0 Å². The van der Waals surface area contributed by atoms with Crippen LogP contribution in [0, 0.1) is 5.92 Å². The highest BCUT2D eigenvalue weighted by Crippen LogP contribution is 2.01. The smallest absolute Gasteiger partial charge is 0.322 e. The van der Waals surface area contributed by atoms with Gasteiger partial charge >= 0.3 is 5.97 Å². The number of methoxy groups -OCH3 is 1. The van der Waals surface area contributed by atoms with Gasteiger partial charge in [-0.15, -0.1) is 0 Å². The fraction of sp³-hybridized carbons (Fsp3) is 0.800. The Labute approximate surface area is 137 Å². The van der Waals surface area contributed by atoms with E-state index >= 15 is 0 Å². The van der Waals surface area contributed by atoms with Gasteiger partial charge in [0.05, 0.1) is 13.2 Å². The van der Waals surface area contributed by atoms with Gasteiger partial charge in [-0.25, -0.2) is 0 Å². The summed E-state index contributed by atoms with van der Waals surface area (Å²) in [4.78, 5) is 35.1. The van der Waals surface area contributed by atoms with E-state index in [2.05, 4.69) is 20.7 Å². The van der Waals surface area contributed by atoms with E-state index in [1.54, 1.807) is 14.0 Å². The third-order valence-electron chi connectivity index (χ3n) is 3.51. The lowest BCUT2D eigenvalue weighted by molar-refractivity contribution is -0.142. The van der Waals surface area contributed by atoms with Gasteiger partial charge in [-0.05, 0) is 32.7 Å². The van der Waals surface area contributed by atoms with E-state index in [-0.39, 0.29) is 23.8 Å². The maximum Gasteiger partial charge on any atom is 0.322 e. The average Bonchev–Trinajstić information content (AvgIpc) is 2.50. The Bertz CT molecular complexity index is 401. The molecule has 2 amide bonds. The van der Waals surface area contributed by atoms with Crippen molar-refractivity contribution in [1.82, 2.24) is 16.0 Å². The lowest BCUT2D eigenvalue weighted by Crippen LogP contribution is -2.52. The van der Waals surface area contributed by atoms with Crippen LogP contribution in [-0.4, -0.2) is 56.6 Å². The van der Waals surface area contributed by atoms with Crippen molar-refractivity contribution < 1.29 is 19.1 Å². The number of carbonyl (C=O) groups excluding carboxylic acids is 3. The maximum absolute atomic E-state index is 12.0. The molecule has 0 fully saturated rings. The molecule has 3 unspecified atom stereocenters. The standard InChI is InChI=1S/C15H30N4O4/c1-9(2)12(17-4)14(21)19-10(3)13(20)18-8-6-7-11(16)15(22)23-5/h9-12,17H,6-8,16H2,1-5H3,(H,18,20)(H,19,21). The molecule has 0 aromatic heterocycles. The summed E-state index contributed by atoms with van der Waals surface area (Å²) in [5.74, 6) is -0.833. The fourth-order valence-corrected chi connectivity index (χ4v) is 2.09. The Morgan fingerprint density at radius 2 is 1.74 bits per heavy atom. The summed E-state index contributed by atoms with van der Waals surface area (Å²) in [6.45, 7) is 5.86. The fourth-order valence-electron chi connectivity index (χ4n) is 2.09. The number of nitrogens with one attached hydrogen (secondary N) is 3. The molecule has 0 aromatic rings. The van der Waals surface area contributed by atoms with Crippen molar-refractivity contribution in [3.63, 3.8) is 0 Å². The Balaban J connectivity index is 4.12. The van der Waals surface area contributed by atoms with Gasteiger partial charge in [0.25, 0.3) is 0 Å². The number of hydrogen-bond acceptors (Lipinski definition) is 6. The molecule has 0 bridgehead atoms. The number of carbonyl (C=O) groups is 3. The van der Waals surface area contributed by atoms with E-state index < -0.39 is 18.1 Å². The zero-order chi connectivity index (χ0) is 18.0. The summed E-state index contributed by atoms with van der Waals surface area (Å²) in [6.07, 6.45) is 0.969. The molecule has 5 N–H and O–H groups in total. The molecule has 0 saturated carbocycles. The molecule has 0 aliphatic carbocycles. The zero-order valence-corrected chi connectivity index (χ0v) is 14.6. The lowest BCUT2D eigenvalue weighted by Gasteiger charge is -2.22. The minimum absolute atomic E-state index is 0.120. The molecular formula is C15H30N4O4. The van der Waals surface area contributed by atoms with Gasteiger partial charge in [-0.3, -0.25) is 14.4 Å². The number of hydrogen-bond donors (Lipinski definition) is 4. The van der Waals surface area contributed by atoms with E-state index in [4.69, 9.17) is 5.73 Å². The largest absolute Gasteiger partial charge is 0.468 e. The van der Waals surface area contributed by atoms with Crippen LogP contribution >= 0.6 is 0 Å². The second kappa shape index (κ2) is 11.0. The SMILES string of the molecule is CNC(C(=O)NC(C)C(=O)NCCCC(N)C(=O)OC)C(C)C. The normalized spacial score (nSPS) is 14.7. The number of likely N-dealkylation sites (N-methyl/N-ethyl adjacent to an activating group) is 1. The van der Waals surface area contributed by atoms with Gasteiger partial charge in [0.1, 0.15) is 12.1 Å². The van der Waals surface area contributed by atoms with Gasteiger partial charge in [0, 0.05) is 6.54 Å². The molecule has 3 atom stereocenters. The first-order chi connectivity index (χ1) is 10.7. The Morgan fingerprint density at radius 3 is 2.22 bits per heavy atom. The van der Waals surface area contributed by atoms with Gasteiger partial charge in [0.15, 0.2) is 0 Å². The van der Waals surface area contributed by atoms with Crippen LogP contribution in [0.5, 0.6) is 0 Å². The van der Waals surface area contributed by atoms with E-state index in [0.717, 1.165) is 0 Å². The van der Waals surface area contributed by atoms with Crippen molar-refractivity contribution in [2.24, 2.45) is 11.7 Å². The molecule has 0 radical (unpaired) electrons. The molecule has 23 heavy (non-hydrogen) atoms. The van der Waals surface area contributed by atoms with E-state index in [0.29, 0.717) is 19.4 Å². The summed E-state index contributed by atoms with van der Waals surface area (Å²) in [6, 6.07) is -1.66. The van der Waals surface area contributed by atoms with Gasteiger partial charge in [0.2, 0.25) is 11.8 Å². The quantitative estimate of drug-likeness (QED) is 0.305. The number of esters is 1. The van der Waals surface area contributed by atoms with Crippen molar-refractivity contribution in [2.45, 2.75) is 51.7 Å². The minimum atomic E-state index is -0.684. The van der Waals surface area contributed by atoms with Crippen LogP contribution in [0.1, 0.15) is 33.6 Å². The predicted molar refractivity (Wildman–Crippen MR) is 87.5 cm³/mol. The minimum Gasteiger partial charge on any atom is -0.468 e. The first-order valence-electron chi connectivity index (χ1n) is 7.83. The van der Waals surface area contributed by atoms with E-state index in [1.165, 1.54) is 7.11 Å². The van der Waals surface area contributed by atoms with E-state index in [1.807, 2.05) is 13.8 Å². The van der Waals surface area contributed by atoms with Crippen LogP contribution in [0.3, 0.4) is 0 Å². The highest BCUT2D eigenvalue weighted by molar-refractivity contribution is 5.89. The third-order valence-corrected chi connectivity index (χ3v) is 3.51. The second-order valence-corrected chi connectivity index (χ2v) is 5.80. The molecule has 0 aliphatic rings. The van der Waals surface area contributed by atoms with Gasteiger partial charge < -0.3 is 26.4 Å². The summed E-state index contributed by atoms with van der Waals surface area (Å²) in [7, 11) is 2.99. The van der Waals surface area contributed by atoms with Crippen molar-refractivity contribution in [1.29, 1.82) is 0 Å². The topological polar surface area (TPSA) is 123 Å². The highest BCUT2D eigenvalue weighted by Gasteiger charge is 2.23. The van der Waals surface area contributed by atoms with Crippen LogP contribution in [0.25, 0.3) is 0 Å². The summed E-state index contributed by atoms with van der Waals surface area (Å²) < 4.78 is 4.52. The first kappa shape index (κ1) is 21.3. The first-order valence-corrected chi connectivity index (χ1v) is 7.83. The molecule has 8 nitrogen and oxygen atoms in total. The predicted octanol–water partition coefficient (Wildman–Crippen LogP) is -0.868. The van der Waals surface area contributed by atoms with Gasteiger partial charge in [-0.1, -0.05) is 13.8 Å². The number of ether oxygens (including phenoxy) is 1. The van der Waals surface area contributed by atoms with Crippen molar-refractivity contribution in [3.8, 4) is 0 Å². The third kappa shape index (κ3) is 7.94. The van der Waals surface area contributed by atoms with Gasteiger partial charge in [-0.2, -0.15) is 0 Å². The average molecular weight is 330 g/mol. The van der Waals surface area contributed by atoms with Crippen molar-refractivity contribution in [2.75, 3.05) is 20.7 Å². The van der Waals surface area contributed by atoms with Crippen LogP contribution < -0.4 is 21.7 Å². The summed E-state index contributed by atoms with van der Waals surface area (Å²) >= 11 is 0. The molecule has 0 rings (SSSR count). The zero-order valence-electron chi connectivity index (χ0n) is 14.6. The second-order valence-electron chi connectivity index (χ2n) is 5.80. The molecular weight excluding hydrogens is 300 g/mol. The molecule has 0 heterocycles. The Hall–Kier alpha value is -1.67. The highest BCUT2D eigenvalue weighted by atomic mass is 16.5. The Morgan fingerprint density at radius 1 is 1.13 bits per heavy atom. The van der Waals surface area contributed by atoms with Crippen molar-refractivity contribution in [3.05, 3.63) is 0 Å². The Kier molecular flexibility index (Phi) is 10.2. The van der Waals surface area contributed by atoms with E-state index in [9.17, 15) is 14.4 Å². The van der Waals surface area contributed by atoms with Crippen LogP contribution in [0.4, 0.5) is 0 Å². The maximum atomic E-state index is 12.0. The summed E-state index contributed by atoms with van der Waals surface area (Å²) in [5.41, 5.74) is 5.60. The molecule has 8 heteroatoms. The number of nitrogens with two attached hydrogens (primary N) is 1. The van der Waals surface area contributed by atoms with Crippen LogP contribution in [0.2, 0.25) is 0 Å². The molecule has 0 spiro atoms. The molecule has 134 valence electrons. The summed E-state index contributed by atoms with van der Waals surface area (Å²) in [5, 5.41) is 8.31. The monoisotopic (exact) mass is 330 g/mol. The lowest BCUT2D eigenvalue weighted by atomic mass is 10.0.